The summed E-state index contributed by atoms with van der Waals surface area (Å²) in [7, 11) is 3.57. The van der Waals surface area contributed by atoms with Crippen molar-refractivity contribution in [2.24, 2.45) is 0 Å². The molecule has 0 radical (unpaired) electrons. The van der Waals surface area contributed by atoms with E-state index in [1.807, 2.05) is 24.3 Å². The molecule has 2 aromatic rings. The van der Waals surface area contributed by atoms with E-state index in [0.717, 1.165) is 48.6 Å². The van der Waals surface area contributed by atoms with Gasteiger partial charge in [0.25, 0.3) is 0 Å². The van der Waals surface area contributed by atoms with E-state index in [9.17, 15) is 9.59 Å². The van der Waals surface area contributed by atoms with Gasteiger partial charge >= 0.3 is 0 Å². The van der Waals surface area contributed by atoms with Crippen LogP contribution in [0.3, 0.4) is 0 Å². The number of nitrogens with one attached hydrogen (secondary N) is 1. The lowest BCUT2D eigenvalue weighted by Crippen LogP contribution is -2.41. The van der Waals surface area contributed by atoms with E-state index in [1.54, 1.807) is 31.4 Å². The molecule has 0 spiro atoms. The second kappa shape index (κ2) is 8.93. The van der Waals surface area contributed by atoms with Crippen LogP contribution in [0.1, 0.15) is 31.4 Å². The fourth-order valence-corrected chi connectivity index (χ4v) is 3.57. The molecule has 1 saturated heterocycles. The number of likely N-dealkylation sites (N-methyl/N-ethyl adjacent to an activating group) is 1. The fourth-order valence-electron chi connectivity index (χ4n) is 3.57. The molecule has 2 heterocycles. The lowest BCUT2D eigenvalue weighted by Gasteiger charge is -2.33. The Morgan fingerprint density at radius 1 is 1.25 bits per heavy atom. The van der Waals surface area contributed by atoms with Crippen LogP contribution in [0.2, 0.25) is 0 Å². The van der Waals surface area contributed by atoms with Crippen LogP contribution >= 0.6 is 0 Å². The van der Waals surface area contributed by atoms with Crippen molar-refractivity contribution in [3.8, 4) is 11.3 Å². The highest BCUT2D eigenvalue weighted by atomic mass is 16.2. The second-order valence-corrected chi connectivity index (χ2v) is 7.41. The molecule has 3 rings (SSSR count). The minimum Gasteiger partial charge on any atom is -0.348 e. The Kier molecular flexibility index (Phi) is 6.36. The summed E-state index contributed by atoms with van der Waals surface area (Å²) in [5.74, 6) is 0.227. The lowest BCUT2D eigenvalue weighted by molar-refractivity contribution is -0.130. The van der Waals surface area contributed by atoms with Gasteiger partial charge < -0.3 is 10.2 Å². The molecule has 0 bridgehead atoms. The number of likely N-dealkylation sites (tertiary alicyclic amines) is 1. The predicted octanol–water partition coefficient (Wildman–Crippen LogP) is 2.37. The second-order valence-electron chi connectivity index (χ2n) is 7.41. The number of piperidine rings is 1. The normalized spacial score (nSPS) is 17.2. The van der Waals surface area contributed by atoms with Crippen molar-refractivity contribution in [3.63, 3.8) is 0 Å². The standard InChI is InChI=1S/C21H27N5O2/c1-15(27)24-18-8-4-6-16(12-18)20-21(23-10-9-22-20)17-7-5-11-26(13-17)14-19(28)25(2)3/h4,6,8-10,12,17H,5,7,11,13-14H2,1-3H3,(H,24,27)/t17-/m1/s1. The first-order valence-electron chi connectivity index (χ1n) is 9.55. The smallest absolute Gasteiger partial charge is 0.236 e. The number of carbonyl (C=O) groups is 2. The molecule has 1 aromatic heterocycles. The first kappa shape index (κ1) is 19.9. The molecule has 1 atom stereocenters. The van der Waals surface area contributed by atoms with Gasteiger partial charge in [-0.25, -0.2) is 0 Å². The third-order valence-electron chi connectivity index (χ3n) is 4.93. The number of hydrogen-bond acceptors (Lipinski definition) is 5. The molecule has 2 amide bonds. The van der Waals surface area contributed by atoms with Gasteiger partial charge in [-0.05, 0) is 31.5 Å². The summed E-state index contributed by atoms with van der Waals surface area (Å²) >= 11 is 0. The van der Waals surface area contributed by atoms with Gasteiger partial charge in [0.1, 0.15) is 0 Å². The van der Waals surface area contributed by atoms with E-state index in [0.29, 0.717) is 6.54 Å². The molecular formula is C21H27N5O2. The predicted molar refractivity (Wildman–Crippen MR) is 109 cm³/mol. The molecule has 1 aromatic carbocycles. The van der Waals surface area contributed by atoms with Crippen molar-refractivity contribution in [2.45, 2.75) is 25.7 Å². The molecule has 28 heavy (non-hydrogen) atoms. The van der Waals surface area contributed by atoms with Gasteiger partial charge in [-0.2, -0.15) is 0 Å². The molecule has 1 aliphatic rings. The number of aromatic nitrogens is 2. The Morgan fingerprint density at radius 3 is 2.79 bits per heavy atom. The summed E-state index contributed by atoms with van der Waals surface area (Å²) in [4.78, 5) is 36.5. The molecule has 0 saturated carbocycles. The molecule has 0 aliphatic carbocycles. The van der Waals surface area contributed by atoms with Crippen molar-refractivity contribution in [3.05, 3.63) is 42.4 Å². The third kappa shape index (κ3) is 4.92. The average Bonchev–Trinajstić information content (AvgIpc) is 2.68. The number of rotatable bonds is 5. The van der Waals surface area contributed by atoms with Crippen LogP contribution in [0.25, 0.3) is 11.3 Å². The highest BCUT2D eigenvalue weighted by Gasteiger charge is 2.26. The van der Waals surface area contributed by atoms with Crippen LogP contribution in [0.15, 0.2) is 36.7 Å². The van der Waals surface area contributed by atoms with Crippen molar-refractivity contribution >= 4 is 17.5 Å². The average molecular weight is 381 g/mol. The molecule has 148 valence electrons. The van der Waals surface area contributed by atoms with Crippen molar-refractivity contribution in [1.29, 1.82) is 0 Å². The van der Waals surface area contributed by atoms with Gasteiger partial charge in [-0.1, -0.05) is 12.1 Å². The lowest BCUT2D eigenvalue weighted by atomic mass is 9.91. The maximum atomic E-state index is 12.1. The highest BCUT2D eigenvalue weighted by Crippen LogP contribution is 2.32. The molecule has 0 unspecified atom stereocenters. The summed E-state index contributed by atoms with van der Waals surface area (Å²) in [5.41, 5.74) is 3.45. The van der Waals surface area contributed by atoms with Gasteiger partial charge in [0, 0.05) is 57.1 Å². The number of amides is 2. The number of anilines is 1. The van der Waals surface area contributed by atoms with E-state index in [2.05, 4.69) is 20.2 Å². The number of carbonyl (C=O) groups excluding carboxylic acids is 2. The molecule has 1 aliphatic heterocycles. The Morgan fingerprint density at radius 2 is 2.04 bits per heavy atom. The SMILES string of the molecule is CC(=O)Nc1cccc(-c2nccnc2[C@@H]2CCCN(CC(=O)N(C)C)C2)c1. The number of hydrogen-bond donors (Lipinski definition) is 1. The van der Waals surface area contributed by atoms with Crippen molar-refractivity contribution < 1.29 is 9.59 Å². The van der Waals surface area contributed by atoms with Gasteiger partial charge in [0.15, 0.2) is 0 Å². The van der Waals surface area contributed by atoms with E-state index in [-0.39, 0.29) is 17.7 Å². The van der Waals surface area contributed by atoms with E-state index in [1.165, 1.54) is 6.92 Å². The summed E-state index contributed by atoms with van der Waals surface area (Å²) < 4.78 is 0. The minimum absolute atomic E-state index is 0.106. The first-order chi connectivity index (χ1) is 13.4. The summed E-state index contributed by atoms with van der Waals surface area (Å²) in [6.07, 6.45) is 5.46. The first-order valence-corrected chi connectivity index (χ1v) is 9.55. The molecule has 1 N–H and O–H groups in total. The Labute approximate surface area is 165 Å². The Hall–Kier alpha value is -2.80. The maximum Gasteiger partial charge on any atom is 0.236 e. The van der Waals surface area contributed by atoms with Crippen LogP contribution in [-0.2, 0) is 9.59 Å². The molecule has 7 nitrogen and oxygen atoms in total. The quantitative estimate of drug-likeness (QED) is 0.860. The van der Waals surface area contributed by atoms with E-state index in [4.69, 9.17) is 0 Å². The topological polar surface area (TPSA) is 78.4 Å². The van der Waals surface area contributed by atoms with Gasteiger partial charge in [0.2, 0.25) is 11.8 Å². The summed E-state index contributed by atoms with van der Waals surface area (Å²) in [6, 6.07) is 7.66. The maximum absolute atomic E-state index is 12.1. The van der Waals surface area contributed by atoms with Crippen LogP contribution in [0.5, 0.6) is 0 Å². The summed E-state index contributed by atoms with van der Waals surface area (Å²) in [5, 5.41) is 2.82. The van der Waals surface area contributed by atoms with E-state index >= 15 is 0 Å². The summed E-state index contributed by atoms with van der Waals surface area (Å²) in [6.45, 7) is 3.63. The zero-order valence-electron chi connectivity index (χ0n) is 16.7. The van der Waals surface area contributed by atoms with Gasteiger partial charge in [0.05, 0.1) is 17.9 Å². The molecule has 1 fully saturated rings. The van der Waals surface area contributed by atoms with Crippen LogP contribution in [-0.4, -0.2) is 65.3 Å². The number of nitrogens with zero attached hydrogens (tertiary/aromatic N) is 4. The van der Waals surface area contributed by atoms with Crippen LogP contribution < -0.4 is 5.32 Å². The minimum atomic E-state index is -0.106. The van der Waals surface area contributed by atoms with Gasteiger partial charge in [-0.15, -0.1) is 0 Å². The van der Waals surface area contributed by atoms with Crippen molar-refractivity contribution in [2.75, 3.05) is 39.0 Å². The zero-order valence-corrected chi connectivity index (χ0v) is 16.7. The largest absolute Gasteiger partial charge is 0.348 e. The number of benzene rings is 1. The fraction of sp³-hybridized carbons (Fsp3) is 0.429. The molecule has 7 heteroatoms. The van der Waals surface area contributed by atoms with Crippen LogP contribution in [0, 0.1) is 0 Å². The zero-order chi connectivity index (χ0) is 20.1. The monoisotopic (exact) mass is 381 g/mol. The van der Waals surface area contributed by atoms with Crippen molar-refractivity contribution in [1.82, 2.24) is 19.8 Å². The molecular weight excluding hydrogens is 354 g/mol. The van der Waals surface area contributed by atoms with E-state index < -0.39 is 0 Å². The third-order valence-corrected chi connectivity index (χ3v) is 4.93. The Balaban J connectivity index is 1.84. The van der Waals surface area contributed by atoms with Gasteiger partial charge in [-0.3, -0.25) is 24.5 Å². The highest BCUT2D eigenvalue weighted by molar-refractivity contribution is 5.89. The van der Waals surface area contributed by atoms with Crippen LogP contribution in [0.4, 0.5) is 5.69 Å². The Bertz CT molecular complexity index is 852.